The summed E-state index contributed by atoms with van der Waals surface area (Å²) < 4.78 is 17.1. The lowest BCUT2D eigenvalue weighted by Gasteiger charge is -2.56. The van der Waals surface area contributed by atoms with E-state index in [2.05, 4.69) is 10.6 Å². The van der Waals surface area contributed by atoms with E-state index in [4.69, 9.17) is 25.1 Å². The number of benzene rings is 1. The molecule has 1 aromatic rings. The highest BCUT2D eigenvalue weighted by Crippen LogP contribution is 2.63. The second-order valence-electron chi connectivity index (χ2n) is 10.7. The first kappa shape index (κ1) is 30.3. The first-order chi connectivity index (χ1) is 19.4. The molecule has 2 aliphatic carbocycles. The number of likely N-dealkylation sites (N-methyl/N-ethyl adjacent to an activating group) is 1. The number of carbonyl (C=O) groups is 4. The number of ether oxygens (including phenoxy) is 3. The lowest BCUT2D eigenvalue weighted by atomic mass is 9.52. The van der Waals surface area contributed by atoms with Crippen LogP contribution < -0.4 is 21.1 Å². The van der Waals surface area contributed by atoms with Gasteiger partial charge in [0.25, 0.3) is 0 Å². The third-order valence-electron chi connectivity index (χ3n) is 8.41. The number of esters is 2. The van der Waals surface area contributed by atoms with Gasteiger partial charge in [0.1, 0.15) is 11.8 Å². The van der Waals surface area contributed by atoms with Crippen LogP contribution in [0.1, 0.15) is 57.1 Å². The molecule has 0 fully saturated rings. The van der Waals surface area contributed by atoms with Gasteiger partial charge in [0.2, 0.25) is 5.91 Å². The standard InChI is InChI=1S/C28H37N3O10/c1-4-27-22-15-5-7-17(32)23(22)41-24(27)18(9-11-28(27,38)19(13-15)30-3)40-26(37)14(2)39-21(34)10-12-31-20(33)8-6-16(29)25(35)36/h5,7,9,14,16,19,24,30,32,38H,4,6,8,10-13,29H2,1-3H3,(H,31,33)(H,35,36)/t14-,16-,19+,24-,27-,28+/m0/s1. The first-order valence-corrected chi connectivity index (χ1v) is 13.7. The molecule has 0 unspecified atom stereocenters. The van der Waals surface area contributed by atoms with Crippen molar-refractivity contribution in [3.8, 4) is 11.5 Å². The zero-order chi connectivity index (χ0) is 30.1. The minimum absolute atomic E-state index is 0.0482. The van der Waals surface area contributed by atoms with Gasteiger partial charge in [-0.3, -0.25) is 14.4 Å². The summed E-state index contributed by atoms with van der Waals surface area (Å²) in [7, 11) is 1.78. The Morgan fingerprint density at radius 3 is 2.63 bits per heavy atom. The zero-order valence-corrected chi connectivity index (χ0v) is 23.3. The van der Waals surface area contributed by atoms with E-state index < -0.39 is 53.1 Å². The number of hydrogen-bond donors (Lipinski definition) is 6. The average Bonchev–Trinajstić information content (AvgIpc) is 3.31. The average molecular weight is 576 g/mol. The Morgan fingerprint density at radius 1 is 1.24 bits per heavy atom. The maximum atomic E-state index is 13.0. The van der Waals surface area contributed by atoms with E-state index in [1.54, 1.807) is 19.2 Å². The van der Waals surface area contributed by atoms with Gasteiger partial charge in [0.15, 0.2) is 23.7 Å². The number of nitrogens with one attached hydrogen (secondary N) is 2. The number of amides is 1. The molecule has 41 heavy (non-hydrogen) atoms. The molecule has 0 radical (unpaired) electrons. The lowest BCUT2D eigenvalue weighted by Crippen LogP contribution is -2.70. The Labute approximate surface area is 237 Å². The molecular weight excluding hydrogens is 538 g/mol. The number of phenols is 1. The fraction of sp³-hybridized carbons (Fsp3) is 0.571. The Hall–Kier alpha value is -3.68. The van der Waals surface area contributed by atoms with E-state index >= 15 is 0 Å². The minimum Gasteiger partial charge on any atom is -0.504 e. The molecule has 1 aliphatic heterocycles. The SMILES string of the molecule is CC[C@]12c3c4ccc(O)c3O[C@H]1C(OC(=O)[C@H](C)OC(=O)CCNC(=O)CC[C@H](N)C(=O)O)=CC[C@@]2(O)[C@H](NC)C4. The fourth-order valence-corrected chi connectivity index (χ4v) is 6.28. The van der Waals surface area contributed by atoms with Crippen molar-refractivity contribution < 1.29 is 48.7 Å². The molecule has 13 nitrogen and oxygen atoms in total. The molecule has 224 valence electrons. The van der Waals surface area contributed by atoms with Crippen molar-refractivity contribution in [3.63, 3.8) is 0 Å². The van der Waals surface area contributed by atoms with E-state index in [9.17, 15) is 29.4 Å². The normalized spacial score (nSPS) is 27.0. The topological polar surface area (TPSA) is 207 Å². The van der Waals surface area contributed by atoms with Gasteiger partial charge in [-0.2, -0.15) is 0 Å². The summed E-state index contributed by atoms with van der Waals surface area (Å²) >= 11 is 0. The van der Waals surface area contributed by atoms with Gasteiger partial charge in [0.05, 0.1) is 17.4 Å². The van der Waals surface area contributed by atoms with Crippen LogP contribution in [0.15, 0.2) is 24.0 Å². The number of hydrogen-bond acceptors (Lipinski definition) is 11. The highest BCUT2D eigenvalue weighted by molar-refractivity contribution is 5.81. The number of aromatic hydroxyl groups is 1. The lowest BCUT2D eigenvalue weighted by molar-refractivity contribution is -0.167. The van der Waals surface area contributed by atoms with E-state index in [1.807, 2.05) is 13.0 Å². The summed E-state index contributed by atoms with van der Waals surface area (Å²) in [6.45, 7) is 3.20. The van der Waals surface area contributed by atoms with Crippen LogP contribution in [0.3, 0.4) is 0 Å². The monoisotopic (exact) mass is 575 g/mol. The van der Waals surface area contributed by atoms with Crippen LogP contribution in [0.5, 0.6) is 11.5 Å². The molecule has 3 aliphatic rings. The van der Waals surface area contributed by atoms with Gasteiger partial charge in [-0.05, 0) is 50.9 Å². The van der Waals surface area contributed by atoms with E-state index in [-0.39, 0.29) is 55.5 Å². The molecule has 0 spiro atoms. The van der Waals surface area contributed by atoms with E-state index in [0.29, 0.717) is 18.4 Å². The van der Waals surface area contributed by atoms with Gasteiger partial charge in [-0.15, -0.1) is 0 Å². The number of aliphatic carboxylic acids is 1. The minimum atomic E-state index is -1.29. The van der Waals surface area contributed by atoms with E-state index in [1.165, 1.54) is 6.92 Å². The predicted molar refractivity (Wildman–Crippen MR) is 143 cm³/mol. The molecule has 1 heterocycles. The summed E-state index contributed by atoms with van der Waals surface area (Å²) in [6.07, 6.45) is 0.157. The summed E-state index contributed by atoms with van der Waals surface area (Å²) in [5.41, 5.74) is 4.72. The molecule has 0 saturated carbocycles. The number of carbonyl (C=O) groups excluding carboxylic acids is 3. The Bertz CT molecular complexity index is 1270. The van der Waals surface area contributed by atoms with Crippen LogP contribution in [0.4, 0.5) is 0 Å². The van der Waals surface area contributed by atoms with Crippen molar-refractivity contribution >= 4 is 23.8 Å². The Kier molecular flexibility index (Phi) is 8.62. The number of rotatable bonds is 12. The summed E-state index contributed by atoms with van der Waals surface area (Å²) in [6, 6.07) is 1.90. The second-order valence-corrected chi connectivity index (χ2v) is 10.7. The quantitative estimate of drug-likeness (QED) is 0.184. The van der Waals surface area contributed by atoms with Crippen molar-refractivity contribution in [2.24, 2.45) is 5.73 Å². The smallest absolute Gasteiger partial charge is 0.352 e. The fourth-order valence-electron chi connectivity index (χ4n) is 6.28. The Morgan fingerprint density at radius 2 is 1.98 bits per heavy atom. The first-order valence-electron chi connectivity index (χ1n) is 13.7. The van der Waals surface area contributed by atoms with Gasteiger partial charge in [-0.25, -0.2) is 4.79 Å². The van der Waals surface area contributed by atoms with Crippen LogP contribution in [0.2, 0.25) is 0 Å². The zero-order valence-electron chi connectivity index (χ0n) is 23.3. The molecule has 1 amide bonds. The number of nitrogens with two attached hydrogens (primary N) is 1. The summed E-state index contributed by atoms with van der Waals surface area (Å²) in [5, 5.41) is 37.1. The van der Waals surface area contributed by atoms with E-state index in [0.717, 1.165) is 5.56 Å². The van der Waals surface area contributed by atoms with Crippen molar-refractivity contribution in [1.82, 2.24) is 10.6 Å². The van der Waals surface area contributed by atoms with Crippen LogP contribution in [0, 0.1) is 0 Å². The molecule has 0 aromatic heterocycles. The van der Waals surface area contributed by atoms with Crippen molar-refractivity contribution in [1.29, 1.82) is 0 Å². The molecule has 1 aromatic carbocycles. The molecule has 0 saturated heterocycles. The van der Waals surface area contributed by atoms with Gasteiger partial charge in [-0.1, -0.05) is 13.0 Å². The third-order valence-corrected chi connectivity index (χ3v) is 8.41. The second kappa shape index (κ2) is 11.7. The van der Waals surface area contributed by atoms with Crippen molar-refractivity contribution in [2.45, 2.75) is 87.7 Å². The molecular formula is C28H37N3O10. The van der Waals surface area contributed by atoms with Crippen LogP contribution >= 0.6 is 0 Å². The summed E-state index contributed by atoms with van der Waals surface area (Å²) in [5.74, 6) is -2.92. The van der Waals surface area contributed by atoms with Gasteiger partial charge < -0.3 is 45.9 Å². The molecule has 6 atom stereocenters. The number of aliphatic hydroxyl groups is 1. The third kappa shape index (κ3) is 5.24. The van der Waals surface area contributed by atoms with Crippen molar-refractivity contribution in [2.75, 3.05) is 13.6 Å². The van der Waals surface area contributed by atoms with Crippen LogP contribution in [-0.2, 0) is 40.5 Å². The van der Waals surface area contributed by atoms with Crippen LogP contribution in [0.25, 0.3) is 0 Å². The number of phenolic OH excluding ortho intramolecular Hbond substituents is 1. The van der Waals surface area contributed by atoms with Gasteiger partial charge >= 0.3 is 17.9 Å². The van der Waals surface area contributed by atoms with Crippen molar-refractivity contribution in [3.05, 3.63) is 35.1 Å². The molecule has 7 N–H and O–H groups in total. The maximum absolute atomic E-state index is 13.0. The molecule has 4 rings (SSSR count). The number of carboxylic acids is 1. The number of carboxylic acid groups (broad SMARTS) is 1. The highest BCUT2D eigenvalue weighted by atomic mass is 16.6. The highest BCUT2D eigenvalue weighted by Gasteiger charge is 2.69. The molecule has 13 heteroatoms. The largest absolute Gasteiger partial charge is 0.504 e. The van der Waals surface area contributed by atoms with Crippen LogP contribution in [-0.4, -0.2) is 82.6 Å². The summed E-state index contributed by atoms with van der Waals surface area (Å²) in [4.78, 5) is 47.8. The molecule has 0 bridgehead atoms. The maximum Gasteiger partial charge on any atom is 0.352 e. The Balaban J connectivity index is 1.39. The van der Waals surface area contributed by atoms with Gasteiger partial charge in [0, 0.05) is 31.0 Å². The predicted octanol–water partition coefficient (Wildman–Crippen LogP) is 0.137.